The molecule has 1 aromatic carbocycles. The van der Waals surface area contributed by atoms with Crippen molar-refractivity contribution in [1.29, 1.82) is 0 Å². The smallest absolute Gasteiger partial charge is 0.216 e. The molecule has 2 rings (SSSR count). The van der Waals surface area contributed by atoms with Gasteiger partial charge < -0.3 is 4.52 Å². The second kappa shape index (κ2) is 4.23. The number of halogens is 4. The summed E-state index contributed by atoms with van der Waals surface area (Å²) in [5, 5.41) is 4.00. The van der Waals surface area contributed by atoms with Crippen LogP contribution in [-0.2, 0) is 0 Å². The van der Waals surface area contributed by atoms with Crippen molar-refractivity contribution < 1.29 is 8.91 Å². The summed E-state index contributed by atoms with van der Waals surface area (Å²) in [7, 11) is 0. The van der Waals surface area contributed by atoms with Crippen LogP contribution in [-0.4, -0.2) is 5.16 Å². The van der Waals surface area contributed by atoms with E-state index in [-0.39, 0.29) is 10.6 Å². The molecule has 0 bridgehead atoms. The summed E-state index contributed by atoms with van der Waals surface area (Å²) < 4.78 is 19.3. The van der Waals surface area contributed by atoms with E-state index in [4.69, 9.17) is 16.1 Å². The van der Waals surface area contributed by atoms with Crippen molar-refractivity contribution in [2.24, 2.45) is 0 Å². The van der Waals surface area contributed by atoms with Gasteiger partial charge in [0.05, 0.1) is 10.6 Å². The molecule has 0 atom stereocenters. The number of hydrogen-bond donors (Lipinski definition) is 0. The lowest BCUT2D eigenvalue weighted by molar-refractivity contribution is 0.401. The predicted molar refractivity (Wildman–Crippen MR) is 62.3 cm³/mol. The highest BCUT2D eigenvalue weighted by Gasteiger charge is 2.19. The van der Waals surface area contributed by atoms with Crippen LogP contribution in [0.3, 0.4) is 0 Å². The van der Waals surface area contributed by atoms with Gasteiger partial charge in [-0.1, -0.05) is 22.8 Å². The van der Waals surface area contributed by atoms with Crippen LogP contribution >= 0.6 is 43.5 Å². The SMILES string of the molecule is Fc1cccc(Cl)c1-c1noc(Br)c1Br. The minimum absolute atomic E-state index is 0.223. The normalized spacial score (nSPS) is 10.7. The topological polar surface area (TPSA) is 26.0 Å². The van der Waals surface area contributed by atoms with E-state index in [1.54, 1.807) is 6.07 Å². The minimum Gasteiger partial charge on any atom is -0.347 e. The number of aromatic nitrogens is 1. The Hall–Kier alpha value is -0.390. The molecule has 0 N–H and O–H groups in total. The van der Waals surface area contributed by atoms with Crippen molar-refractivity contribution >= 4 is 43.5 Å². The van der Waals surface area contributed by atoms with Gasteiger partial charge in [-0.3, -0.25) is 0 Å². The minimum atomic E-state index is -0.441. The molecule has 0 fully saturated rings. The maximum atomic E-state index is 13.5. The summed E-state index contributed by atoms with van der Waals surface area (Å²) in [6.07, 6.45) is 0. The Morgan fingerprint density at radius 1 is 1.33 bits per heavy atom. The summed E-state index contributed by atoms with van der Waals surface area (Å²) in [5.74, 6) is -0.441. The van der Waals surface area contributed by atoms with Gasteiger partial charge in [-0.05, 0) is 44.0 Å². The molecule has 0 aliphatic rings. The molecule has 15 heavy (non-hydrogen) atoms. The molecule has 0 aliphatic carbocycles. The number of rotatable bonds is 1. The van der Waals surface area contributed by atoms with Crippen LogP contribution in [0.1, 0.15) is 0 Å². The molecule has 0 aliphatic heterocycles. The third-order valence-electron chi connectivity index (χ3n) is 1.80. The van der Waals surface area contributed by atoms with Crippen molar-refractivity contribution in [2.75, 3.05) is 0 Å². The molecule has 0 unspecified atom stereocenters. The first kappa shape index (κ1) is 11.1. The van der Waals surface area contributed by atoms with Gasteiger partial charge in [0.1, 0.15) is 16.0 Å². The summed E-state index contributed by atoms with van der Waals surface area (Å²) in [5.41, 5.74) is 0.561. The lowest BCUT2D eigenvalue weighted by Gasteiger charge is -2.01. The van der Waals surface area contributed by atoms with Gasteiger partial charge >= 0.3 is 0 Å². The van der Waals surface area contributed by atoms with Crippen LogP contribution in [0.15, 0.2) is 31.9 Å². The average molecular weight is 355 g/mol. The summed E-state index contributed by atoms with van der Waals surface area (Å²) in [4.78, 5) is 0. The fourth-order valence-corrected chi connectivity index (χ4v) is 1.99. The Bertz CT molecular complexity index is 495. The second-order valence-electron chi connectivity index (χ2n) is 2.72. The Morgan fingerprint density at radius 2 is 2.07 bits per heavy atom. The van der Waals surface area contributed by atoms with E-state index < -0.39 is 5.82 Å². The van der Waals surface area contributed by atoms with Gasteiger partial charge in [-0.15, -0.1) is 0 Å². The van der Waals surface area contributed by atoms with Gasteiger partial charge in [-0.2, -0.15) is 0 Å². The highest BCUT2D eigenvalue weighted by molar-refractivity contribution is 9.13. The van der Waals surface area contributed by atoms with Gasteiger partial charge in [0.2, 0.25) is 4.67 Å². The number of benzene rings is 1. The zero-order valence-electron chi connectivity index (χ0n) is 7.10. The van der Waals surface area contributed by atoms with Gasteiger partial charge in [0, 0.05) is 0 Å². The molecular weight excluding hydrogens is 352 g/mol. The molecular formula is C9H3Br2ClFNO. The third-order valence-corrected chi connectivity index (χ3v) is 3.92. The quantitative estimate of drug-likeness (QED) is 0.744. The first-order valence-corrected chi connectivity index (χ1v) is 5.82. The molecule has 2 aromatic rings. The van der Waals surface area contributed by atoms with Crippen molar-refractivity contribution in [3.63, 3.8) is 0 Å². The standard InChI is InChI=1S/C9H3Br2ClFNO/c10-7-8(14-15-9(7)11)6-4(12)2-1-3-5(6)13/h1-3H. The molecule has 78 valence electrons. The maximum Gasteiger partial charge on any atom is 0.216 e. The van der Waals surface area contributed by atoms with Crippen molar-refractivity contribution in [1.82, 2.24) is 5.16 Å². The van der Waals surface area contributed by atoms with Crippen LogP contribution in [0.2, 0.25) is 5.02 Å². The van der Waals surface area contributed by atoms with Crippen molar-refractivity contribution in [2.45, 2.75) is 0 Å². The van der Waals surface area contributed by atoms with Crippen LogP contribution in [0.5, 0.6) is 0 Å². The Morgan fingerprint density at radius 3 is 2.60 bits per heavy atom. The molecule has 0 saturated carbocycles. The molecule has 0 saturated heterocycles. The molecule has 0 spiro atoms. The van der Waals surface area contributed by atoms with Gasteiger partial charge in [-0.25, -0.2) is 4.39 Å². The fourth-order valence-electron chi connectivity index (χ4n) is 1.14. The molecule has 0 amide bonds. The zero-order chi connectivity index (χ0) is 11.0. The predicted octanol–water partition coefficient (Wildman–Crippen LogP) is 4.66. The number of hydrogen-bond acceptors (Lipinski definition) is 2. The van der Waals surface area contributed by atoms with Crippen LogP contribution in [0.25, 0.3) is 11.3 Å². The molecule has 6 heteroatoms. The molecule has 1 aromatic heterocycles. The lowest BCUT2D eigenvalue weighted by Crippen LogP contribution is -1.86. The van der Waals surface area contributed by atoms with Crippen LogP contribution in [0.4, 0.5) is 4.39 Å². The highest BCUT2D eigenvalue weighted by Crippen LogP contribution is 2.38. The Labute approximate surface area is 107 Å². The van der Waals surface area contributed by atoms with Crippen LogP contribution < -0.4 is 0 Å². The molecule has 1 heterocycles. The van der Waals surface area contributed by atoms with Gasteiger partial charge in [0.25, 0.3) is 0 Å². The maximum absolute atomic E-state index is 13.5. The van der Waals surface area contributed by atoms with Gasteiger partial charge in [0.15, 0.2) is 0 Å². The van der Waals surface area contributed by atoms with E-state index in [0.29, 0.717) is 14.8 Å². The second-order valence-corrected chi connectivity index (χ2v) is 4.64. The summed E-state index contributed by atoms with van der Waals surface area (Å²) in [6, 6.07) is 4.44. The van der Waals surface area contributed by atoms with E-state index in [9.17, 15) is 4.39 Å². The first-order chi connectivity index (χ1) is 7.11. The average Bonchev–Trinajstić information content (AvgIpc) is 2.49. The fraction of sp³-hybridized carbons (Fsp3) is 0. The zero-order valence-corrected chi connectivity index (χ0v) is 11.0. The summed E-state index contributed by atoms with van der Waals surface area (Å²) in [6.45, 7) is 0. The van der Waals surface area contributed by atoms with E-state index in [1.165, 1.54) is 12.1 Å². The van der Waals surface area contributed by atoms with E-state index in [0.717, 1.165) is 0 Å². The Kier molecular flexibility index (Phi) is 3.13. The first-order valence-electron chi connectivity index (χ1n) is 3.86. The third kappa shape index (κ3) is 1.96. The van der Waals surface area contributed by atoms with Crippen LogP contribution in [0, 0.1) is 5.82 Å². The van der Waals surface area contributed by atoms with Crippen molar-refractivity contribution in [3.8, 4) is 11.3 Å². The van der Waals surface area contributed by atoms with E-state index in [1.807, 2.05) is 0 Å². The Balaban J connectivity index is 2.69. The summed E-state index contributed by atoms with van der Waals surface area (Å²) >= 11 is 12.2. The largest absolute Gasteiger partial charge is 0.347 e. The lowest BCUT2D eigenvalue weighted by atomic mass is 10.1. The monoisotopic (exact) mass is 353 g/mol. The van der Waals surface area contributed by atoms with Crippen molar-refractivity contribution in [3.05, 3.63) is 38.2 Å². The molecule has 2 nitrogen and oxygen atoms in total. The highest BCUT2D eigenvalue weighted by atomic mass is 79.9. The van der Waals surface area contributed by atoms with E-state index >= 15 is 0 Å². The molecule has 0 radical (unpaired) electrons. The van der Waals surface area contributed by atoms with E-state index in [2.05, 4.69) is 37.0 Å². The number of nitrogens with zero attached hydrogens (tertiary/aromatic N) is 1.